The van der Waals surface area contributed by atoms with Crippen molar-refractivity contribution < 1.29 is 9.18 Å². The van der Waals surface area contributed by atoms with Crippen LogP contribution in [0.4, 0.5) is 4.39 Å². The number of aromatic nitrogens is 2. The molecular formula is C23H15ClFN3O2. The molecule has 0 aliphatic rings. The van der Waals surface area contributed by atoms with Gasteiger partial charge >= 0.3 is 0 Å². The lowest BCUT2D eigenvalue weighted by atomic mass is 10.2. The molecule has 0 bridgehead atoms. The lowest BCUT2D eigenvalue weighted by Crippen LogP contribution is -2.34. The minimum absolute atomic E-state index is 0.201. The van der Waals surface area contributed by atoms with Gasteiger partial charge in [0.25, 0.3) is 11.5 Å². The first-order valence-electron chi connectivity index (χ1n) is 9.04. The third-order valence-electron chi connectivity index (χ3n) is 4.40. The minimum atomic E-state index is -0.521. The molecule has 1 heterocycles. The standard InChI is InChI=1S/C23H15ClFN3O2/c24-17-10-5-15(6-11-17)7-14-21(29)27-28-22(16-8-12-18(25)13-9-16)26-20-4-2-1-3-19(20)23(28)30/h1-14H,(H,27,29). The van der Waals surface area contributed by atoms with Gasteiger partial charge in [-0.15, -0.1) is 0 Å². The molecule has 5 nitrogen and oxygen atoms in total. The maximum absolute atomic E-state index is 13.4. The van der Waals surface area contributed by atoms with Crippen molar-refractivity contribution in [3.63, 3.8) is 0 Å². The Morgan fingerprint density at radius 3 is 2.43 bits per heavy atom. The number of halogens is 2. The summed E-state index contributed by atoms with van der Waals surface area (Å²) in [4.78, 5) is 30.0. The molecule has 30 heavy (non-hydrogen) atoms. The second-order valence-corrected chi connectivity index (χ2v) is 6.90. The molecule has 3 aromatic carbocycles. The lowest BCUT2D eigenvalue weighted by molar-refractivity contribution is -0.112. The number of nitrogens with zero attached hydrogens (tertiary/aromatic N) is 2. The number of rotatable bonds is 4. The fourth-order valence-corrected chi connectivity index (χ4v) is 3.05. The summed E-state index contributed by atoms with van der Waals surface area (Å²) in [6, 6.07) is 19.3. The van der Waals surface area contributed by atoms with Crippen LogP contribution in [0.15, 0.2) is 83.7 Å². The summed E-state index contributed by atoms with van der Waals surface area (Å²) in [5, 5.41) is 0.944. The third-order valence-corrected chi connectivity index (χ3v) is 4.65. The van der Waals surface area contributed by atoms with Crippen molar-refractivity contribution in [3.05, 3.63) is 106 Å². The summed E-state index contributed by atoms with van der Waals surface area (Å²) in [5.41, 5.74) is 3.86. The number of fused-ring (bicyclic) bond motifs is 1. The first kappa shape index (κ1) is 19.5. The second-order valence-electron chi connectivity index (χ2n) is 6.46. The Hall–Kier alpha value is -3.77. The van der Waals surface area contributed by atoms with Gasteiger partial charge in [-0.25, -0.2) is 9.37 Å². The Labute approximate surface area is 176 Å². The average Bonchev–Trinajstić information content (AvgIpc) is 2.76. The van der Waals surface area contributed by atoms with E-state index in [9.17, 15) is 14.0 Å². The maximum atomic E-state index is 13.4. The maximum Gasteiger partial charge on any atom is 0.280 e. The van der Waals surface area contributed by atoms with Crippen LogP contribution in [-0.2, 0) is 4.79 Å². The molecule has 148 valence electrons. The fraction of sp³-hybridized carbons (Fsp3) is 0. The predicted molar refractivity (Wildman–Crippen MR) is 116 cm³/mol. The molecule has 0 aliphatic carbocycles. The van der Waals surface area contributed by atoms with Crippen LogP contribution in [0.3, 0.4) is 0 Å². The van der Waals surface area contributed by atoms with Crippen LogP contribution in [0.2, 0.25) is 5.02 Å². The van der Waals surface area contributed by atoms with E-state index in [-0.39, 0.29) is 5.82 Å². The number of hydrogen-bond acceptors (Lipinski definition) is 3. The summed E-state index contributed by atoms with van der Waals surface area (Å²) < 4.78 is 14.4. The molecule has 0 saturated heterocycles. The number of carbonyl (C=O) groups excluding carboxylic acids is 1. The SMILES string of the molecule is O=C(C=Cc1ccc(Cl)cc1)Nn1c(-c2ccc(F)cc2)nc2ccccc2c1=O. The van der Waals surface area contributed by atoms with E-state index in [2.05, 4.69) is 10.4 Å². The number of para-hydroxylation sites is 1. The first-order valence-corrected chi connectivity index (χ1v) is 9.41. The molecule has 0 saturated carbocycles. The zero-order valence-electron chi connectivity index (χ0n) is 15.5. The van der Waals surface area contributed by atoms with Gasteiger partial charge in [-0.2, -0.15) is 4.68 Å². The van der Waals surface area contributed by atoms with Crippen LogP contribution in [-0.4, -0.2) is 15.6 Å². The number of benzene rings is 3. The summed E-state index contributed by atoms with van der Waals surface area (Å²) in [5.74, 6) is -0.734. The van der Waals surface area contributed by atoms with Gasteiger partial charge in [0.05, 0.1) is 10.9 Å². The van der Waals surface area contributed by atoms with Crippen LogP contribution in [0, 0.1) is 5.82 Å². The topological polar surface area (TPSA) is 64.0 Å². The summed E-state index contributed by atoms with van der Waals surface area (Å²) in [7, 11) is 0. The van der Waals surface area contributed by atoms with Crippen molar-refractivity contribution in [2.24, 2.45) is 0 Å². The summed E-state index contributed by atoms with van der Waals surface area (Å²) >= 11 is 5.86. The Bertz CT molecular complexity index is 1310. The molecule has 1 amide bonds. The number of amides is 1. The Morgan fingerprint density at radius 1 is 1.00 bits per heavy atom. The van der Waals surface area contributed by atoms with Crippen molar-refractivity contribution >= 4 is 34.5 Å². The molecular weight excluding hydrogens is 405 g/mol. The quantitative estimate of drug-likeness (QED) is 0.490. The van der Waals surface area contributed by atoms with E-state index in [4.69, 9.17) is 11.6 Å². The molecule has 0 radical (unpaired) electrons. The summed E-state index contributed by atoms with van der Waals surface area (Å²) in [6.45, 7) is 0. The van der Waals surface area contributed by atoms with Crippen molar-refractivity contribution in [3.8, 4) is 11.4 Å². The van der Waals surface area contributed by atoms with Gasteiger partial charge in [-0.1, -0.05) is 35.9 Å². The molecule has 0 atom stereocenters. The van der Waals surface area contributed by atoms with Gasteiger partial charge in [0.15, 0.2) is 5.82 Å². The lowest BCUT2D eigenvalue weighted by Gasteiger charge is -2.13. The van der Waals surface area contributed by atoms with E-state index in [1.807, 2.05) is 0 Å². The molecule has 1 aromatic heterocycles. The molecule has 4 rings (SSSR count). The van der Waals surface area contributed by atoms with E-state index in [0.717, 1.165) is 10.2 Å². The molecule has 0 unspecified atom stereocenters. The van der Waals surface area contributed by atoms with E-state index in [1.54, 1.807) is 54.6 Å². The Balaban J connectivity index is 1.74. The molecule has 1 N–H and O–H groups in total. The highest BCUT2D eigenvalue weighted by molar-refractivity contribution is 6.30. The van der Waals surface area contributed by atoms with E-state index >= 15 is 0 Å². The highest BCUT2D eigenvalue weighted by atomic mass is 35.5. The van der Waals surface area contributed by atoms with Gasteiger partial charge < -0.3 is 0 Å². The van der Waals surface area contributed by atoms with Gasteiger partial charge in [-0.05, 0) is 60.2 Å². The van der Waals surface area contributed by atoms with Crippen molar-refractivity contribution in [2.45, 2.75) is 0 Å². The van der Waals surface area contributed by atoms with Crippen LogP contribution < -0.4 is 11.0 Å². The average molecular weight is 420 g/mol. The smallest absolute Gasteiger partial charge is 0.268 e. The van der Waals surface area contributed by atoms with Crippen molar-refractivity contribution in [1.82, 2.24) is 9.66 Å². The summed E-state index contributed by atoms with van der Waals surface area (Å²) in [6.07, 6.45) is 2.90. The molecule has 0 spiro atoms. The molecule has 7 heteroatoms. The predicted octanol–water partition coefficient (Wildman–Crippen LogP) is 4.64. The van der Waals surface area contributed by atoms with Crippen molar-refractivity contribution in [2.75, 3.05) is 5.43 Å². The van der Waals surface area contributed by atoms with Gasteiger partial charge in [0.1, 0.15) is 5.82 Å². The normalized spacial score (nSPS) is 11.1. The van der Waals surface area contributed by atoms with Crippen LogP contribution in [0.5, 0.6) is 0 Å². The zero-order valence-corrected chi connectivity index (χ0v) is 16.3. The van der Waals surface area contributed by atoms with E-state index in [0.29, 0.717) is 21.5 Å². The third kappa shape index (κ3) is 4.14. The zero-order chi connectivity index (χ0) is 21.1. The first-order chi connectivity index (χ1) is 14.5. The largest absolute Gasteiger partial charge is 0.280 e. The van der Waals surface area contributed by atoms with Crippen LogP contribution >= 0.6 is 11.6 Å². The Morgan fingerprint density at radius 2 is 1.70 bits per heavy atom. The van der Waals surface area contributed by atoms with Crippen LogP contribution in [0.25, 0.3) is 28.4 Å². The molecule has 0 aliphatic heterocycles. The molecule has 0 fully saturated rings. The van der Waals surface area contributed by atoms with Gasteiger partial charge in [0, 0.05) is 16.7 Å². The van der Waals surface area contributed by atoms with Gasteiger partial charge in [-0.3, -0.25) is 15.0 Å². The number of nitrogens with one attached hydrogen (secondary N) is 1. The van der Waals surface area contributed by atoms with E-state index < -0.39 is 17.3 Å². The fourth-order valence-electron chi connectivity index (χ4n) is 2.92. The number of carbonyl (C=O) groups is 1. The van der Waals surface area contributed by atoms with Crippen molar-refractivity contribution in [1.29, 1.82) is 0 Å². The van der Waals surface area contributed by atoms with E-state index in [1.165, 1.54) is 30.3 Å². The molecule has 4 aromatic rings. The monoisotopic (exact) mass is 419 g/mol. The van der Waals surface area contributed by atoms with Gasteiger partial charge in [0.2, 0.25) is 0 Å². The minimum Gasteiger partial charge on any atom is -0.268 e. The van der Waals surface area contributed by atoms with Crippen LogP contribution in [0.1, 0.15) is 5.56 Å². The highest BCUT2D eigenvalue weighted by Crippen LogP contribution is 2.19. The Kier molecular flexibility index (Phi) is 5.41. The number of hydrogen-bond donors (Lipinski definition) is 1. The highest BCUT2D eigenvalue weighted by Gasteiger charge is 2.14. The second kappa shape index (κ2) is 8.31.